The van der Waals surface area contributed by atoms with Crippen molar-refractivity contribution in [3.05, 3.63) is 0 Å². The minimum Gasteiger partial charge on any atom is -0.481 e. The fourth-order valence-electron chi connectivity index (χ4n) is 2.63. The number of hydrogen-bond donors (Lipinski definition) is 3. The number of carboxylic acid groups (broad SMARTS) is 1. The summed E-state index contributed by atoms with van der Waals surface area (Å²) in [7, 11) is 0. The van der Waals surface area contributed by atoms with Gasteiger partial charge < -0.3 is 15.7 Å². The molecule has 3 atom stereocenters. The molecule has 0 heterocycles. The Balaban J connectivity index is 2.65. The van der Waals surface area contributed by atoms with Crippen LogP contribution in [0.4, 0.5) is 0 Å². The zero-order valence-corrected chi connectivity index (χ0v) is 12.1. The van der Waals surface area contributed by atoms with Gasteiger partial charge in [0.25, 0.3) is 0 Å². The third-order valence-electron chi connectivity index (χ3n) is 3.72. The lowest BCUT2D eigenvalue weighted by molar-refractivity contribution is -0.144. The van der Waals surface area contributed by atoms with Crippen molar-refractivity contribution >= 4 is 17.8 Å². The number of rotatable bonds is 4. The van der Waals surface area contributed by atoms with Crippen molar-refractivity contribution < 1.29 is 19.5 Å². The number of aliphatic carboxylic acids is 1. The molecule has 1 aliphatic rings. The van der Waals surface area contributed by atoms with Crippen LogP contribution < -0.4 is 10.6 Å². The van der Waals surface area contributed by atoms with Crippen LogP contribution in [0.15, 0.2) is 0 Å². The Kier molecular flexibility index (Phi) is 6.48. The number of carboxylic acids is 1. The van der Waals surface area contributed by atoms with Gasteiger partial charge in [0.1, 0.15) is 6.04 Å². The lowest BCUT2D eigenvalue weighted by Crippen LogP contribution is -2.51. The van der Waals surface area contributed by atoms with Crippen molar-refractivity contribution in [1.82, 2.24) is 10.6 Å². The second kappa shape index (κ2) is 7.87. The highest BCUT2D eigenvalue weighted by Gasteiger charge is 2.30. The molecule has 0 saturated heterocycles. The highest BCUT2D eigenvalue weighted by molar-refractivity contribution is 5.87. The number of amides is 2. The summed E-state index contributed by atoms with van der Waals surface area (Å²) >= 11 is 0. The Bertz CT molecular complexity index is 370. The molecule has 3 N–H and O–H groups in total. The molecule has 0 aromatic rings. The van der Waals surface area contributed by atoms with Gasteiger partial charge in [0.15, 0.2) is 0 Å². The van der Waals surface area contributed by atoms with Gasteiger partial charge in [-0.1, -0.05) is 25.7 Å². The smallest absolute Gasteiger partial charge is 0.308 e. The fraction of sp³-hybridized carbons (Fsp3) is 0.786. The first-order chi connectivity index (χ1) is 9.41. The molecular weight excluding hydrogens is 260 g/mol. The van der Waals surface area contributed by atoms with Crippen molar-refractivity contribution in [2.45, 2.75) is 64.5 Å². The summed E-state index contributed by atoms with van der Waals surface area (Å²) in [5, 5.41) is 14.6. The normalized spacial score (nSPS) is 24.9. The van der Waals surface area contributed by atoms with Gasteiger partial charge in [-0.25, -0.2) is 0 Å². The summed E-state index contributed by atoms with van der Waals surface area (Å²) in [6.07, 6.45) is 5.19. The van der Waals surface area contributed by atoms with Crippen LogP contribution in [0.3, 0.4) is 0 Å². The standard InChI is InChI=1S/C14H24N2O4/c1-9(15-10(2)17)13(18)16-12-8-6-4-3-5-7-11(12)14(19)20/h9,11-12H,3-8H2,1-2H3,(H,15,17)(H,16,18)(H,19,20). The lowest BCUT2D eigenvalue weighted by atomic mass is 9.86. The van der Waals surface area contributed by atoms with E-state index in [1.807, 2.05) is 0 Å². The molecule has 0 aromatic carbocycles. The quantitative estimate of drug-likeness (QED) is 0.719. The van der Waals surface area contributed by atoms with Crippen LogP contribution in [0.5, 0.6) is 0 Å². The molecule has 6 nitrogen and oxygen atoms in total. The van der Waals surface area contributed by atoms with E-state index >= 15 is 0 Å². The summed E-state index contributed by atoms with van der Waals surface area (Å²) in [4.78, 5) is 34.3. The average Bonchev–Trinajstić information content (AvgIpc) is 2.31. The molecule has 0 aromatic heterocycles. The predicted octanol–water partition coefficient (Wildman–Crippen LogP) is 1.05. The zero-order valence-electron chi connectivity index (χ0n) is 12.1. The van der Waals surface area contributed by atoms with Gasteiger partial charge in [-0.15, -0.1) is 0 Å². The second-order valence-electron chi connectivity index (χ2n) is 5.47. The van der Waals surface area contributed by atoms with Crippen LogP contribution in [0.1, 0.15) is 52.4 Å². The van der Waals surface area contributed by atoms with Crippen LogP contribution >= 0.6 is 0 Å². The Morgan fingerprint density at radius 3 is 2.25 bits per heavy atom. The summed E-state index contributed by atoms with van der Waals surface area (Å²) in [5.41, 5.74) is 0. The Morgan fingerprint density at radius 2 is 1.70 bits per heavy atom. The largest absolute Gasteiger partial charge is 0.481 e. The molecule has 1 fully saturated rings. The lowest BCUT2D eigenvalue weighted by Gasteiger charge is -2.28. The molecular formula is C14H24N2O4. The molecule has 6 heteroatoms. The van der Waals surface area contributed by atoms with Crippen LogP contribution in [0.25, 0.3) is 0 Å². The van der Waals surface area contributed by atoms with Gasteiger partial charge in [0, 0.05) is 13.0 Å². The van der Waals surface area contributed by atoms with Crippen molar-refractivity contribution in [2.75, 3.05) is 0 Å². The zero-order chi connectivity index (χ0) is 15.1. The maximum absolute atomic E-state index is 12.0. The maximum atomic E-state index is 12.0. The van der Waals surface area contributed by atoms with Crippen LogP contribution in [-0.4, -0.2) is 35.0 Å². The van der Waals surface area contributed by atoms with E-state index in [2.05, 4.69) is 10.6 Å². The van der Waals surface area contributed by atoms with E-state index in [-0.39, 0.29) is 17.9 Å². The van der Waals surface area contributed by atoms with Crippen molar-refractivity contribution in [1.29, 1.82) is 0 Å². The highest BCUT2D eigenvalue weighted by atomic mass is 16.4. The first-order valence-electron chi connectivity index (χ1n) is 7.22. The topological polar surface area (TPSA) is 95.5 Å². The molecule has 0 radical (unpaired) electrons. The third-order valence-corrected chi connectivity index (χ3v) is 3.72. The SMILES string of the molecule is CC(=O)NC(C)C(=O)NC1CCCCCCC1C(=O)O. The summed E-state index contributed by atoms with van der Waals surface area (Å²) < 4.78 is 0. The van der Waals surface area contributed by atoms with Crippen LogP contribution in [-0.2, 0) is 14.4 Å². The molecule has 1 aliphatic carbocycles. The molecule has 20 heavy (non-hydrogen) atoms. The number of nitrogens with one attached hydrogen (secondary N) is 2. The number of carbonyl (C=O) groups excluding carboxylic acids is 2. The third kappa shape index (κ3) is 5.19. The second-order valence-corrected chi connectivity index (χ2v) is 5.47. The molecule has 0 bridgehead atoms. The van der Waals surface area contributed by atoms with Gasteiger partial charge in [-0.3, -0.25) is 14.4 Å². The van der Waals surface area contributed by atoms with Crippen LogP contribution in [0.2, 0.25) is 0 Å². The Labute approximate surface area is 119 Å². The summed E-state index contributed by atoms with van der Waals surface area (Å²) in [6, 6.07) is -0.996. The number of hydrogen-bond acceptors (Lipinski definition) is 3. The predicted molar refractivity (Wildman–Crippen MR) is 74.0 cm³/mol. The van der Waals surface area contributed by atoms with Gasteiger partial charge in [0.05, 0.1) is 5.92 Å². The van der Waals surface area contributed by atoms with Crippen LogP contribution in [0, 0.1) is 5.92 Å². The fourth-order valence-corrected chi connectivity index (χ4v) is 2.63. The van der Waals surface area contributed by atoms with E-state index in [0.29, 0.717) is 12.8 Å². The first kappa shape index (κ1) is 16.5. The molecule has 0 spiro atoms. The molecule has 3 unspecified atom stereocenters. The van der Waals surface area contributed by atoms with Gasteiger partial charge in [0.2, 0.25) is 11.8 Å². The summed E-state index contributed by atoms with van der Waals surface area (Å²) in [6.45, 7) is 2.94. The van der Waals surface area contributed by atoms with E-state index in [4.69, 9.17) is 0 Å². The van der Waals surface area contributed by atoms with Crippen molar-refractivity contribution in [3.63, 3.8) is 0 Å². The maximum Gasteiger partial charge on any atom is 0.308 e. The van der Waals surface area contributed by atoms with Gasteiger partial charge in [-0.05, 0) is 19.8 Å². The minimum atomic E-state index is -0.857. The minimum absolute atomic E-state index is 0.278. The Morgan fingerprint density at radius 1 is 1.10 bits per heavy atom. The monoisotopic (exact) mass is 284 g/mol. The van der Waals surface area contributed by atoms with Gasteiger partial charge in [-0.2, -0.15) is 0 Å². The van der Waals surface area contributed by atoms with E-state index in [9.17, 15) is 19.5 Å². The van der Waals surface area contributed by atoms with E-state index in [0.717, 1.165) is 25.7 Å². The van der Waals surface area contributed by atoms with Crippen molar-refractivity contribution in [2.24, 2.45) is 5.92 Å². The highest BCUT2D eigenvalue weighted by Crippen LogP contribution is 2.23. The molecule has 1 rings (SSSR count). The van der Waals surface area contributed by atoms with Gasteiger partial charge >= 0.3 is 5.97 Å². The van der Waals surface area contributed by atoms with E-state index in [1.54, 1.807) is 6.92 Å². The first-order valence-corrected chi connectivity index (χ1v) is 7.22. The van der Waals surface area contributed by atoms with E-state index < -0.39 is 17.9 Å². The van der Waals surface area contributed by atoms with Crippen molar-refractivity contribution in [3.8, 4) is 0 Å². The molecule has 1 saturated carbocycles. The summed E-state index contributed by atoms with van der Waals surface area (Å²) in [5.74, 6) is -2.00. The molecule has 114 valence electrons. The molecule has 0 aliphatic heterocycles. The van der Waals surface area contributed by atoms with E-state index in [1.165, 1.54) is 6.92 Å². The Hall–Kier alpha value is -1.59. The number of carbonyl (C=O) groups is 3. The average molecular weight is 284 g/mol. The molecule has 2 amide bonds.